The van der Waals surface area contributed by atoms with E-state index in [9.17, 15) is 4.79 Å². The van der Waals surface area contributed by atoms with E-state index in [1.54, 1.807) is 6.92 Å². The summed E-state index contributed by atoms with van der Waals surface area (Å²) in [6.07, 6.45) is 11.2. The van der Waals surface area contributed by atoms with E-state index in [1.165, 1.54) is 68.2 Å². The van der Waals surface area contributed by atoms with Crippen LogP contribution in [0.15, 0.2) is 42.5 Å². The van der Waals surface area contributed by atoms with Gasteiger partial charge in [0.25, 0.3) is 0 Å². The monoisotopic (exact) mass is 519 g/mol. The third-order valence-electron chi connectivity index (χ3n) is 8.29. The number of hydrogen-bond acceptors (Lipinski definition) is 5. The van der Waals surface area contributed by atoms with Crippen LogP contribution in [0, 0.1) is 0 Å². The number of amides is 1. The molecule has 2 heterocycles. The second-order valence-electron chi connectivity index (χ2n) is 11.2. The van der Waals surface area contributed by atoms with Crippen molar-refractivity contribution >= 4 is 17.3 Å². The molecule has 1 amide bonds. The zero-order valence-corrected chi connectivity index (χ0v) is 23.2. The summed E-state index contributed by atoms with van der Waals surface area (Å²) in [7, 11) is 0. The molecular formula is C32H45N3O3. The molecule has 2 fully saturated rings. The highest BCUT2D eigenvalue weighted by Gasteiger charge is 2.21. The van der Waals surface area contributed by atoms with Crippen molar-refractivity contribution in [1.82, 2.24) is 4.90 Å². The van der Waals surface area contributed by atoms with Gasteiger partial charge in [-0.15, -0.1) is 0 Å². The van der Waals surface area contributed by atoms with Gasteiger partial charge in [0.15, 0.2) is 0 Å². The van der Waals surface area contributed by atoms with E-state index in [0.717, 1.165) is 70.3 Å². The summed E-state index contributed by atoms with van der Waals surface area (Å²) in [4.78, 5) is 19.7. The first-order chi connectivity index (χ1) is 18.7. The van der Waals surface area contributed by atoms with Crippen LogP contribution >= 0.6 is 0 Å². The minimum absolute atomic E-state index is 0.131. The Labute approximate surface area is 228 Å². The predicted octanol–water partition coefficient (Wildman–Crippen LogP) is 6.16. The molecule has 206 valence electrons. The maximum Gasteiger partial charge on any atom is 0.223 e. The number of hydrogen-bond donors (Lipinski definition) is 0. The van der Waals surface area contributed by atoms with Crippen molar-refractivity contribution < 1.29 is 14.3 Å². The predicted molar refractivity (Wildman–Crippen MR) is 154 cm³/mol. The Hall–Kier alpha value is -2.57. The highest BCUT2D eigenvalue weighted by molar-refractivity contribution is 5.92. The topological polar surface area (TPSA) is 45.2 Å². The minimum Gasteiger partial charge on any atom is -0.490 e. The molecule has 1 saturated carbocycles. The van der Waals surface area contributed by atoms with Crippen molar-refractivity contribution in [1.29, 1.82) is 0 Å². The summed E-state index contributed by atoms with van der Waals surface area (Å²) in [5.41, 5.74) is 4.85. The molecule has 5 rings (SSSR count). The van der Waals surface area contributed by atoms with Gasteiger partial charge in [-0.3, -0.25) is 9.69 Å². The lowest BCUT2D eigenvalue weighted by Gasteiger charge is -2.32. The fraction of sp³-hybridized carbons (Fsp3) is 0.594. The van der Waals surface area contributed by atoms with Crippen LogP contribution in [0.3, 0.4) is 0 Å². The highest BCUT2D eigenvalue weighted by atomic mass is 16.5. The van der Waals surface area contributed by atoms with Crippen molar-refractivity contribution in [3.8, 4) is 5.75 Å². The molecule has 6 heteroatoms. The quantitative estimate of drug-likeness (QED) is 0.473. The number of fused-ring (bicyclic) bond motifs is 1. The van der Waals surface area contributed by atoms with E-state index < -0.39 is 0 Å². The lowest BCUT2D eigenvalue weighted by atomic mass is 10.0. The summed E-state index contributed by atoms with van der Waals surface area (Å²) in [5, 5.41) is 0. The molecule has 0 unspecified atom stereocenters. The smallest absolute Gasteiger partial charge is 0.223 e. The second kappa shape index (κ2) is 13.5. The highest BCUT2D eigenvalue weighted by Crippen LogP contribution is 2.30. The average Bonchev–Trinajstić information content (AvgIpc) is 3.44. The van der Waals surface area contributed by atoms with Gasteiger partial charge in [-0.1, -0.05) is 31.4 Å². The molecule has 0 N–H and O–H groups in total. The largest absolute Gasteiger partial charge is 0.490 e. The van der Waals surface area contributed by atoms with E-state index in [1.807, 2.05) is 4.90 Å². The first-order valence-electron chi connectivity index (χ1n) is 14.9. The van der Waals surface area contributed by atoms with Gasteiger partial charge in [0.1, 0.15) is 5.75 Å². The van der Waals surface area contributed by atoms with Crippen LogP contribution in [0.1, 0.15) is 75.8 Å². The number of ether oxygens (including phenoxy) is 2. The zero-order chi connectivity index (χ0) is 26.2. The number of carbonyl (C=O) groups is 1. The maximum atomic E-state index is 12.8. The minimum atomic E-state index is 0.131. The Balaban J connectivity index is 1.38. The summed E-state index contributed by atoms with van der Waals surface area (Å²) >= 11 is 0. The number of rotatable bonds is 5. The summed E-state index contributed by atoms with van der Waals surface area (Å²) < 4.78 is 11.8. The van der Waals surface area contributed by atoms with Crippen molar-refractivity contribution in [3.05, 3.63) is 53.6 Å². The molecule has 1 saturated heterocycles. The Morgan fingerprint density at radius 2 is 1.58 bits per heavy atom. The lowest BCUT2D eigenvalue weighted by Crippen LogP contribution is -2.36. The van der Waals surface area contributed by atoms with Crippen LogP contribution in [-0.2, 0) is 22.6 Å². The van der Waals surface area contributed by atoms with E-state index in [0.29, 0.717) is 6.10 Å². The van der Waals surface area contributed by atoms with Gasteiger partial charge in [-0.05, 0) is 86.5 Å². The fourth-order valence-corrected chi connectivity index (χ4v) is 6.15. The molecule has 38 heavy (non-hydrogen) atoms. The van der Waals surface area contributed by atoms with E-state index in [4.69, 9.17) is 9.47 Å². The van der Waals surface area contributed by atoms with Crippen LogP contribution in [0.25, 0.3) is 0 Å². The maximum absolute atomic E-state index is 12.8. The van der Waals surface area contributed by atoms with Crippen molar-refractivity contribution in [2.24, 2.45) is 0 Å². The van der Waals surface area contributed by atoms with Gasteiger partial charge in [0, 0.05) is 51.0 Å². The number of benzene rings is 2. The van der Waals surface area contributed by atoms with Crippen LogP contribution in [-0.4, -0.2) is 56.3 Å². The second-order valence-corrected chi connectivity index (χ2v) is 11.2. The normalized spacial score (nSPS) is 20.4. The first-order valence-corrected chi connectivity index (χ1v) is 14.9. The fourth-order valence-electron chi connectivity index (χ4n) is 6.15. The van der Waals surface area contributed by atoms with E-state index in [2.05, 4.69) is 52.3 Å². The van der Waals surface area contributed by atoms with Crippen LogP contribution in [0.5, 0.6) is 5.75 Å². The molecule has 0 atom stereocenters. The Morgan fingerprint density at radius 3 is 2.32 bits per heavy atom. The molecule has 2 aromatic rings. The third-order valence-corrected chi connectivity index (χ3v) is 8.29. The van der Waals surface area contributed by atoms with Crippen molar-refractivity contribution in [3.63, 3.8) is 0 Å². The Morgan fingerprint density at radius 1 is 0.868 bits per heavy atom. The molecule has 0 radical (unpaired) electrons. The summed E-state index contributed by atoms with van der Waals surface area (Å²) in [6.45, 7) is 8.64. The number of nitrogens with zero attached hydrogens (tertiary/aromatic N) is 3. The van der Waals surface area contributed by atoms with Gasteiger partial charge in [0.05, 0.1) is 19.3 Å². The van der Waals surface area contributed by atoms with Crippen LogP contribution < -0.4 is 14.5 Å². The third kappa shape index (κ3) is 7.29. The molecule has 6 nitrogen and oxygen atoms in total. The summed E-state index contributed by atoms with van der Waals surface area (Å²) in [6, 6.07) is 15.5. The van der Waals surface area contributed by atoms with Gasteiger partial charge < -0.3 is 19.3 Å². The first kappa shape index (κ1) is 27.0. The zero-order valence-electron chi connectivity index (χ0n) is 23.2. The van der Waals surface area contributed by atoms with E-state index >= 15 is 0 Å². The number of carbonyl (C=O) groups excluding carboxylic acids is 1. The molecule has 2 aliphatic heterocycles. The van der Waals surface area contributed by atoms with Crippen LogP contribution in [0.2, 0.25) is 0 Å². The van der Waals surface area contributed by atoms with Gasteiger partial charge in [-0.25, -0.2) is 0 Å². The van der Waals surface area contributed by atoms with Crippen molar-refractivity contribution in [2.45, 2.75) is 83.9 Å². The number of morpholine rings is 1. The van der Waals surface area contributed by atoms with Gasteiger partial charge in [0.2, 0.25) is 5.91 Å². The molecular weight excluding hydrogens is 474 g/mol. The molecule has 1 aliphatic carbocycles. The SMILES string of the molecule is CC(=O)N1CCCCCCCN(Cc2ccc(OC3CCCC3)cc2)Cc2cc(N3CCOCC3)ccc21. The Bertz CT molecular complexity index is 1030. The van der Waals surface area contributed by atoms with Gasteiger partial charge >= 0.3 is 0 Å². The molecule has 0 aromatic heterocycles. The molecule has 0 bridgehead atoms. The molecule has 0 spiro atoms. The summed E-state index contributed by atoms with van der Waals surface area (Å²) in [5.74, 6) is 1.12. The van der Waals surface area contributed by atoms with E-state index in [-0.39, 0.29) is 5.91 Å². The molecule has 3 aliphatic rings. The number of anilines is 2. The van der Waals surface area contributed by atoms with Crippen molar-refractivity contribution in [2.75, 3.05) is 49.2 Å². The average molecular weight is 520 g/mol. The Kier molecular flexibility index (Phi) is 9.58. The standard InChI is InChI=1S/C32H45N3O3/c1-26(36)35-18-8-4-2-3-7-17-33(24-27-11-14-31(15-12-27)38-30-9-5-6-10-30)25-28-23-29(13-16-32(28)35)34-19-21-37-22-20-34/h11-16,23,30H,2-10,17-22,24-25H2,1H3. The van der Waals surface area contributed by atoms with Crippen LogP contribution in [0.4, 0.5) is 11.4 Å². The lowest BCUT2D eigenvalue weighted by molar-refractivity contribution is -0.116. The van der Waals surface area contributed by atoms with Gasteiger partial charge in [-0.2, -0.15) is 0 Å². The molecule has 2 aromatic carbocycles.